The van der Waals surface area contributed by atoms with Gasteiger partial charge in [-0.2, -0.15) is 13.2 Å². The molecule has 0 spiro atoms. The summed E-state index contributed by atoms with van der Waals surface area (Å²) in [7, 11) is 0. The molecule has 1 amide bonds. The first kappa shape index (κ1) is 15.1. The normalized spacial score (nSPS) is 13.5. The van der Waals surface area contributed by atoms with Crippen LogP contribution in [0.15, 0.2) is 36.5 Å². The minimum absolute atomic E-state index is 0.240. The van der Waals surface area contributed by atoms with Crippen LogP contribution >= 0.6 is 0 Å². The molecule has 120 valence electrons. The largest absolute Gasteiger partial charge is 0.486 e. The Kier molecular flexibility index (Phi) is 3.81. The van der Waals surface area contributed by atoms with E-state index in [1.165, 1.54) is 12.1 Å². The van der Waals surface area contributed by atoms with Gasteiger partial charge in [-0.1, -0.05) is 6.07 Å². The molecule has 0 saturated heterocycles. The van der Waals surface area contributed by atoms with E-state index in [-0.39, 0.29) is 5.69 Å². The van der Waals surface area contributed by atoms with Crippen LogP contribution in [-0.2, 0) is 6.18 Å². The number of anilines is 1. The first-order valence-electron chi connectivity index (χ1n) is 6.69. The van der Waals surface area contributed by atoms with Crippen molar-refractivity contribution in [3.8, 4) is 11.5 Å². The summed E-state index contributed by atoms with van der Waals surface area (Å²) in [6.45, 7) is 0.659. The molecule has 2 heterocycles. The van der Waals surface area contributed by atoms with Crippen molar-refractivity contribution in [3.63, 3.8) is 0 Å². The number of ether oxygens (including phenoxy) is 2. The maximum Gasteiger partial charge on any atom is 0.434 e. The number of nitrogens with zero attached hydrogens (tertiary/aromatic N) is 1. The van der Waals surface area contributed by atoms with Gasteiger partial charge in [0.15, 0.2) is 17.2 Å². The van der Waals surface area contributed by atoms with Gasteiger partial charge in [0.05, 0.1) is 11.3 Å². The SMILES string of the molecule is O=C(Nc1cccc2c1OCCO2)c1cccnc1C(F)(F)F. The summed E-state index contributed by atoms with van der Waals surface area (Å²) in [6.07, 6.45) is -3.73. The predicted molar refractivity (Wildman–Crippen MR) is 74.6 cm³/mol. The molecular formula is C15H11F3N2O3. The van der Waals surface area contributed by atoms with Gasteiger partial charge in [0.1, 0.15) is 13.2 Å². The van der Waals surface area contributed by atoms with E-state index in [9.17, 15) is 18.0 Å². The smallest absolute Gasteiger partial charge is 0.434 e. The third-order valence-electron chi connectivity index (χ3n) is 3.14. The molecule has 5 nitrogen and oxygen atoms in total. The Morgan fingerprint density at radius 3 is 2.70 bits per heavy atom. The van der Waals surface area contributed by atoms with Crippen molar-refractivity contribution in [2.75, 3.05) is 18.5 Å². The molecular weight excluding hydrogens is 313 g/mol. The van der Waals surface area contributed by atoms with Crippen molar-refractivity contribution in [1.29, 1.82) is 0 Å². The van der Waals surface area contributed by atoms with E-state index in [0.717, 1.165) is 12.3 Å². The van der Waals surface area contributed by atoms with E-state index in [1.807, 2.05) is 0 Å². The zero-order chi connectivity index (χ0) is 16.4. The lowest BCUT2D eigenvalue weighted by molar-refractivity contribution is -0.141. The molecule has 1 aliphatic rings. The Labute approximate surface area is 129 Å². The van der Waals surface area contributed by atoms with Gasteiger partial charge in [-0.25, -0.2) is 0 Å². The quantitative estimate of drug-likeness (QED) is 0.922. The summed E-state index contributed by atoms with van der Waals surface area (Å²) in [6, 6.07) is 7.11. The molecule has 3 rings (SSSR count). The fourth-order valence-corrected chi connectivity index (χ4v) is 2.18. The summed E-state index contributed by atoms with van der Waals surface area (Å²) in [4.78, 5) is 15.5. The van der Waals surface area contributed by atoms with Crippen LogP contribution in [0.2, 0.25) is 0 Å². The number of halogens is 3. The molecule has 1 aromatic heterocycles. The van der Waals surface area contributed by atoms with Gasteiger partial charge >= 0.3 is 6.18 Å². The minimum Gasteiger partial charge on any atom is -0.486 e. The highest BCUT2D eigenvalue weighted by Gasteiger charge is 2.37. The molecule has 1 N–H and O–H groups in total. The van der Waals surface area contributed by atoms with Crippen LogP contribution in [0.4, 0.5) is 18.9 Å². The Bertz CT molecular complexity index is 747. The minimum atomic E-state index is -4.72. The third kappa shape index (κ3) is 3.05. The van der Waals surface area contributed by atoms with Gasteiger partial charge in [0.2, 0.25) is 0 Å². The molecule has 8 heteroatoms. The number of benzene rings is 1. The van der Waals surface area contributed by atoms with E-state index < -0.39 is 23.3 Å². The fraction of sp³-hybridized carbons (Fsp3) is 0.200. The van der Waals surface area contributed by atoms with Gasteiger partial charge < -0.3 is 14.8 Å². The molecule has 2 aromatic rings. The number of hydrogen-bond donors (Lipinski definition) is 1. The van der Waals surface area contributed by atoms with Gasteiger partial charge in [-0.15, -0.1) is 0 Å². The molecule has 1 aromatic carbocycles. The van der Waals surface area contributed by atoms with Crippen molar-refractivity contribution >= 4 is 11.6 Å². The number of alkyl halides is 3. The maximum atomic E-state index is 12.9. The summed E-state index contributed by atoms with van der Waals surface area (Å²) in [5.41, 5.74) is -1.56. The summed E-state index contributed by atoms with van der Waals surface area (Å²) >= 11 is 0. The second kappa shape index (κ2) is 5.79. The number of carbonyl (C=O) groups is 1. The molecule has 0 atom stereocenters. The molecule has 1 aliphatic heterocycles. The van der Waals surface area contributed by atoms with Crippen molar-refractivity contribution in [2.45, 2.75) is 6.18 Å². The van der Waals surface area contributed by atoms with Crippen LogP contribution < -0.4 is 14.8 Å². The average Bonchev–Trinajstić information content (AvgIpc) is 2.54. The maximum absolute atomic E-state index is 12.9. The highest BCUT2D eigenvalue weighted by molar-refractivity contribution is 6.06. The van der Waals surface area contributed by atoms with Gasteiger partial charge in [0, 0.05) is 6.20 Å². The van der Waals surface area contributed by atoms with Crippen LogP contribution in [0.25, 0.3) is 0 Å². The first-order valence-corrected chi connectivity index (χ1v) is 6.69. The van der Waals surface area contributed by atoms with Crippen LogP contribution in [-0.4, -0.2) is 24.1 Å². The van der Waals surface area contributed by atoms with Gasteiger partial charge in [0.25, 0.3) is 5.91 Å². The Morgan fingerprint density at radius 2 is 1.91 bits per heavy atom. The summed E-state index contributed by atoms with van der Waals surface area (Å²) in [5, 5.41) is 2.41. The Hall–Kier alpha value is -2.77. The van der Waals surface area contributed by atoms with Crippen LogP contribution in [0.3, 0.4) is 0 Å². The topological polar surface area (TPSA) is 60.5 Å². The van der Waals surface area contributed by atoms with E-state index >= 15 is 0 Å². The van der Waals surface area contributed by atoms with Crippen molar-refractivity contribution in [1.82, 2.24) is 4.98 Å². The third-order valence-corrected chi connectivity index (χ3v) is 3.14. The molecule has 0 bridgehead atoms. The van der Waals surface area contributed by atoms with Crippen molar-refractivity contribution in [3.05, 3.63) is 47.8 Å². The second-order valence-electron chi connectivity index (χ2n) is 4.68. The summed E-state index contributed by atoms with van der Waals surface area (Å²) in [5.74, 6) is -0.200. The van der Waals surface area contributed by atoms with Gasteiger partial charge in [-0.05, 0) is 24.3 Å². The van der Waals surface area contributed by atoms with E-state index in [4.69, 9.17) is 9.47 Å². The lowest BCUT2D eigenvalue weighted by atomic mass is 10.1. The monoisotopic (exact) mass is 324 g/mol. The number of nitrogens with one attached hydrogen (secondary N) is 1. The number of fused-ring (bicyclic) bond motifs is 1. The van der Waals surface area contributed by atoms with E-state index in [0.29, 0.717) is 24.7 Å². The molecule has 0 aliphatic carbocycles. The highest BCUT2D eigenvalue weighted by atomic mass is 19.4. The van der Waals surface area contributed by atoms with E-state index in [1.54, 1.807) is 12.1 Å². The molecule has 0 fully saturated rings. The van der Waals surface area contributed by atoms with Crippen LogP contribution in [0, 0.1) is 0 Å². The fourth-order valence-electron chi connectivity index (χ4n) is 2.18. The number of carbonyl (C=O) groups excluding carboxylic acids is 1. The molecule has 23 heavy (non-hydrogen) atoms. The van der Waals surface area contributed by atoms with Gasteiger partial charge in [-0.3, -0.25) is 9.78 Å². The van der Waals surface area contributed by atoms with Crippen LogP contribution in [0.5, 0.6) is 11.5 Å². The lowest BCUT2D eigenvalue weighted by Crippen LogP contribution is -2.21. The Balaban J connectivity index is 1.92. The zero-order valence-corrected chi connectivity index (χ0v) is 11.7. The Morgan fingerprint density at radius 1 is 1.13 bits per heavy atom. The van der Waals surface area contributed by atoms with Crippen molar-refractivity contribution in [2.24, 2.45) is 0 Å². The van der Waals surface area contributed by atoms with Crippen LogP contribution in [0.1, 0.15) is 16.1 Å². The highest BCUT2D eigenvalue weighted by Crippen LogP contribution is 2.38. The number of rotatable bonds is 2. The number of para-hydroxylation sites is 1. The average molecular weight is 324 g/mol. The molecule has 0 unspecified atom stereocenters. The predicted octanol–water partition coefficient (Wildman–Crippen LogP) is 3.12. The lowest BCUT2D eigenvalue weighted by Gasteiger charge is -2.21. The number of hydrogen-bond acceptors (Lipinski definition) is 4. The number of amides is 1. The molecule has 0 saturated carbocycles. The zero-order valence-electron chi connectivity index (χ0n) is 11.7. The standard InChI is InChI=1S/C15H11F3N2O3/c16-15(17,18)13-9(3-2-6-19-13)14(21)20-10-4-1-5-11-12(10)23-8-7-22-11/h1-6H,7-8H2,(H,20,21). The molecule has 0 radical (unpaired) electrons. The number of aromatic nitrogens is 1. The summed E-state index contributed by atoms with van der Waals surface area (Å²) < 4.78 is 49.6. The number of pyridine rings is 1. The van der Waals surface area contributed by atoms with E-state index in [2.05, 4.69) is 10.3 Å². The first-order chi connectivity index (χ1) is 11.0. The van der Waals surface area contributed by atoms with Crippen molar-refractivity contribution < 1.29 is 27.4 Å². The second-order valence-corrected chi connectivity index (χ2v) is 4.68.